The Kier molecular flexibility index (Phi) is 6.69. The van der Waals surface area contributed by atoms with Crippen molar-refractivity contribution in [2.75, 3.05) is 11.4 Å². The minimum Gasteiger partial charge on any atom is -0.508 e. The number of carboxylic acid groups (broad SMARTS) is 1. The van der Waals surface area contributed by atoms with Crippen LogP contribution in [0.25, 0.3) is 0 Å². The molecule has 12 heteroatoms. The van der Waals surface area contributed by atoms with Gasteiger partial charge in [-0.25, -0.2) is 9.29 Å². The molecule has 6 unspecified atom stereocenters. The summed E-state index contributed by atoms with van der Waals surface area (Å²) in [6, 6.07) is 10.7. The molecule has 3 fully saturated rings. The SMILES string of the molecule is O=C(O)CCCN1C(=O)C2CC=C3C(CC4(Cl)C(=O)N(c5ccc(F)cc5)C(=O)C4(Cl)C3c3ccc(O)cc3)C2C1=O. The van der Waals surface area contributed by atoms with Crippen molar-refractivity contribution >= 4 is 58.5 Å². The normalized spacial score (nSPS) is 32.0. The number of rotatable bonds is 6. The van der Waals surface area contributed by atoms with Crippen LogP contribution in [0.5, 0.6) is 5.75 Å². The van der Waals surface area contributed by atoms with Gasteiger partial charge in [0.1, 0.15) is 11.6 Å². The van der Waals surface area contributed by atoms with E-state index in [1.54, 1.807) is 18.2 Å². The van der Waals surface area contributed by atoms with Gasteiger partial charge in [-0.05, 0) is 67.1 Å². The number of nitrogens with zero attached hydrogens (tertiary/aromatic N) is 2. The average Bonchev–Trinajstić information content (AvgIpc) is 3.28. The van der Waals surface area contributed by atoms with Crippen LogP contribution in [0.3, 0.4) is 0 Å². The third-order valence-electron chi connectivity index (χ3n) is 8.99. The zero-order valence-corrected chi connectivity index (χ0v) is 23.5. The summed E-state index contributed by atoms with van der Waals surface area (Å²) in [5.41, 5.74) is 1.14. The standard InChI is InChI=1S/C30H25Cl2FN2O7/c31-29-14-21-19(11-12-20-23(21)26(40)34(25(20)39)13-1-2-22(37)38)24(15-3-9-18(36)10-4-15)30(29,32)28(42)35(27(29)41)17-7-5-16(33)6-8-17/h3-11,20-21,23-24,36H,1-2,12-14H2,(H,37,38). The number of anilines is 1. The number of hydrogen-bond donors (Lipinski definition) is 2. The van der Waals surface area contributed by atoms with Crippen LogP contribution in [0, 0.1) is 23.6 Å². The first kappa shape index (κ1) is 28.4. The number of carbonyl (C=O) groups excluding carboxylic acids is 4. The Morgan fingerprint density at radius 1 is 0.952 bits per heavy atom. The van der Waals surface area contributed by atoms with E-state index in [-0.39, 0.29) is 43.7 Å². The molecule has 2 saturated heterocycles. The van der Waals surface area contributed by atoms with E-state index in [2.05, 4.69) is 0 Å². The zero-order chi connectivity index (χ0) is 30.1. The number of alkyl halides is 2. The molecular formula is C30H25Cl2FN2O7. The smallest absolute Gasteiger partial charge is 0.303 e. The van der Waals surface area contributed by atoms with Crippen molar-refractivity contribution in [2.45, 2.75) is 41.3 Å². The Hall–Kier alpha value is -3.76. The topological polar surface area (TPSA) is 132 Å². The summed E-state index contributed by atoms with van der Waals surface area (Å²) in [6.45, 7) is -0.0539. The molecule has 2 aliphatic heterocycles. The molecule has 42 heavy (non-hydrogen) atoms. The second-order valence-corrected chi connectivity index (χ2v) is 12.4. The van der Waals surface area contributed by atoms with E-state index in [1.807, 2.05) is 0 Å². The first-order valence-corrected chi connectivity index (χ1v) is 14.2. The summed E-state index contributed by atoms with van der Waals surface area (Å²) in [5.74, 6) is -7.56. The maximum atomic E-state index is 14.2. The van der Waals surface area contributed by atoms with E-state index in [0.717, 1.165) is 21.9 Å². The Morgan fingerprint density at radius 2 is 1.62 bits per heavy atom. The number of carboxylic acids is 1. The van der Waals surface area contributed by atoms with Gasteiger partial charge in [0.05, 0.1) is 17.5 Å². The van der Waals surface area contributed by atoms with E-state index in [0.29, 0.717) is 11.1 Å². The molecule has 0 spiro atoms. The highest BCUT2D eigenvalue weighted by Crippen LogP contribution is 2.65. The fourth-order valence-corrected chi connectivity index (χ4v) is 8.05. The number of likely N-dealkylation sites (tertiary alicyclic amines) is 1. The number of phenols is 1. The number of imide groups is 2. The number of amides is 4. The monoisotopic (exact) mass is 614 g/mol. The van der Waals surface area contributed by atoms with Gasteiger partial charge in [0.2, 0.25) is 11.8 Å². The Morgan fingerprint density at radius 3 is 2.26 bits per heavy atom. The molecule has 6 rings (SSSR count). The molecule has 4 amide bonds. The van der Waals surface area contributed by atoms with Crippen LogP contribution in [0.4, 0.5) is 10.1 Å². The molecule has 1 saturated carbocycles. The number of aliphatic carboxylic acids is 1. The van der Waals surface area contributed by atoms with Crippen molar-refractivity contribution in [1.29, 1.82) is 0 Å². The first-order chi connectivity index (χ1) is 19.9. The zero-order valence-electron chi connectivity index (χ0n) is 22.0. The Balaban J connectivity index is 1.47. The summed E-state index contributed by atoms with van der Waals surface area (Å²) in [5, 5.41) is 19.0. The largest absolute Gasteiger partial charge is 0.508 e. The fraction of sp³-hybridized carbons (Fsp3) is 0.367. The van der Waals surface area contributed by atoms with Gasteiger partial charge in [-0.3, -0.25) is 28.9 Å². The van der Waals surface area contributed by atoms with Gasteiger partial charge in [0.25, 0.3) is 11.8 Å². The summed E-state index contributed by atoms with van der Waals surface area (Å²) >= 11 is 14.5. The number of fused-ring (bicyclic) bond motifs is 4. The predicted molar refractivity (Wildman–Crippen MR) is 148 cm³/mol. The molecule has 9 nitrogen and oxygen atoms in total. The highest BCUT2D eigenvalue weighted by molar-refractivity contribution is 6.58. The molecule has 0 radical (unpaired) electrons. The maximum Gasteiger partial charge on any atom is 0.303 e. The molecular weight excluding hydrogens is 590 g/mol. The van der Waals surface area contributed by atoms with E-state index >= 15 is 0 Å². The van der Waals surface area contributed by atoms with Crippen molar-refractivity contribution in [3.8, 4) is 5.75 Å². The van der Waals surface area contributed by atoms with E-state index in [1.165, 1.54) is 24.3 Å². The van der Waals surface area contributed by atoms with Gasteiger partial charge < -0.3 is 10.2 Å². The molecule has 218 valence electrons. The van der Waals surface area contributed by atoms with Gasteiger partial charge in [-0.2, -0.15) is 0 Å². The molecule has 2 aliphatic carbocycles. The van der Waals surface area contributed by atoms with Crippen LogP contribution in [0.15, 0.2) is 60.2 Å². The predicted octanol–water partition coefficient (Wildman–Crippen LogP) is 3.96. The van der Waals surface area contributed by atoms with Crippen molar-refractivity contribution in [3.05, 3.63) is 71.6 Å². The quantitative estimate of drug-likeness (QED) is 0.286. The second kappa shape index (κ2) is 9.91. The van der Waals surface area contributed by atoms with E-state index in [4.69, 9.17) is 28.3 Å². The third kappa shape index (κ3) is 3.91. The van der Waals surface area contributed by atoms with Crippen molar-refractivity contribution in [3.63, 3.8) is 0 Å². The number of allylic oxidation sites excluding steroid dienone is 2. The lowest BCUT2D eigenvalue weighted by molar-refractivity contribution is -0.142. The molecule has 0 aromatic heterocycles. The van der Waals surface area contributed by atoms with E-state index < -0.39 is 68.8 Å². The summed E-state index contributed by atoms with van der Waals surface area (Å²) in [4.78, 5) is 64.2. The molecule has 2 heterocycles. The molecule has 4 aliphatic rings. The summed E-state index contributed by atoms with van der Waals surface area (Å²) in [7, 11) is 0. The van der Waals surface area contributed by atoms with Crippen LogP contribution in [-0.2, 0) is 24.0 Å². The van der Waals surface area contributed by atoms with Gasteiger partial charge in [-0.1, -0.05) is 23.8 Å². The van der Waals surface area contributed by atoms with Crippen LogP contribution in [0.1, 0.15) is 37.2 Å². The molecule has 2 aromatic rings. The van der Waals surface area contributed by atoms with Crippen molar-refractivity contribution in [2.24, 2.45) is 17.8 Å². The highest BCUT2D eigenvalue weighted by Gasteiger charge is 2.76. The Bertz CT molecular complexity index is 1560. The van der Waals surface area contributed by atoms with Gasteiger partial charge in [-0.15, -0.1) is 23.2 Å². The molecule has 6 atom stereocenters. The number of carbonyl (C=O) groups is 5. The van der Waals surface area contributed by atoms with Crippen LogP contribution in [0.2, 0.25) is 0 Å². The van der Waals surface area contributed by atoms with Gasteiger partial charge >= 0.3 is 5.97 Å². The second-order valence-electron chi connectivity index (χ2n) is 11.2. The molecule has 2 N–H and O–H groups in total. The molecule has 0 bridgehead atoms. The van der Waals surface area contributed by atoms with Crippen LogP contribution < -0.4 is 4.90 Å². The van der Waals surface area contributed by atoms with Crippen molar-refractivity contribution < 1.29 is 38.6 Å². The van der Waals surface area contributed by atoms with E-state index in [9.17, 15) is 33.5 Å². The lowest BCUT2D eigenvalue weighted by atomic mass is 9.56. The number of hydrogen-bond acceptors (Lipinski definition) is 6. The third-order valence-corrected chi connectivity index (χ3v) is 10.4. The summed E-state index contributed by atoms with van der Waals surface area (Å²) in [6.07, 6.45) is 1.63. The average molecular weight is 615 g/mol. The minimum absolute atomic E-state index is 0.0418. The summed E-state index contributed by atoms with van der Waals surface area (Å²) < 4.78 is 13.7. The number of halogens is 3. The minimum atomic E-state index is -2.06. The Labute approximate surface area is 249 Å². The lowest BCUT2D eigenvalue weighted by Gasteiger charge is -2.50. The van der Waals surface area contributed by atoms with Crippen LogP contribution >= 0.6 is 23.2 Å². The number of phenolic OH excluding ortho intramolecular Hbond substituents is 1. The van der Waals surface area contributed by atoms with Gasteiger partial charge in [0.15, 0.2) is 9.75 Å². The maximum absolute atomic E-state index is 14.2. The van der Waals surface area contributed by atoms with Crippen LogP contribution in [-0.4, -0.2) is 61.0 Å². The first-order valence-electron chi connectivity index (χ1n) is 13.5. The van der Waals surface area contributed by atoms with Gasteiger partial charge in [0, 0.05) is 18.9 Å². The fourth-order valence-electron chi connectivity index (χ4n) is 7.11. The number of benzene rings is 2. The number of aromatic hydroxyl groups is 1. The van der Waals surface area contributed by atoms with Crippen molar-refractivity contribution in [1.82, 2.24) is 4.90 Å². The highest BCUT2D eigenvalue weighted by atomic mass is 35.5. The lowest BCUT2D eigenvalue weighted by Crippen LogP contribution is -2.60. The molecule has 2 aromatic carbocycles.